The average Bonchev–Trinajstić information content (AvgIpc) is 2.84. The second kappa shape index (κ2) is 10.9. The number of amides is 3. The van der Waals surface area contributed by atoms with Crippen molar-refractivity contribution in [3.8, 4) is 11.5 Å². The van der Waals surface area contributed by atoms with E-state index in [4.69, 9.17) is 22.1 Å². The number of nitrogens with two attached hydrogens (primary N) is 1. The number of urea groups is 1. The standard InChI is InChI=1S/C26H27ClN4O3/c27-22-11-4-5-12-24(22)30-13-15-31(16-14-30)25(32)18-23(29-26(28)33)19-7-6-10-21(17-19)34-20-8-2-1-3-9-20/h1-12,17,23H,13-16,18H2,(H3,28,29,33). The third-order valence-electron chi connectivity index (χ3n) is 5.76. The van der Waals surface area contributed by atoms with Crippen molar-refractivity contribution in [3.63, 3.8) is 0 Å². The highest BCUT2D eigenvalue weighted by Gasteiger charge is 2.26. The third-order valence-corrected chi connectivity index (χ3v) is 6.08. The van der Waals surface area contributed by atoms with Crippen LogP contribution >= 0.6 is 11.6 Å². The molecule has 34 heavy (non-hydrogen) atoms. The van der Waals surface area contributed by atoms with Gasteiger partial charge in [0.05, 0.1) is 23.2 Å². The molecule has 0 aromatic heterocycles. The Labute approximate surface area is 204 Å². The predicted molar refractivity (Wildman–Crippen MR) is 133 cm³/mol. The molecule has 3 N–H and O–H groups in total. The van der Waals surface area contributed by atoms with Gasteiger partial charge in [-0.1, -0.05) is 54.1 Å². The Morgan fingerprint density at radius 2 is 1.59 bits per heavy atom. The van der Waals surface area contributed by atoms with Crippen LogP contribution in [-0.2, 0) is 4.79 Å². The van der Waals surface area contributed by atoms with Crippen molar-refractivity contribution < 1.29 is 14.3 Å². The molecule has 0 spiro atoms. The van der Waals surface area contributed by atoms with Gasteiger partial charge in [-0.05, 0) is 42.0 Å². The summed E-state index contributed by atoms with van der Waals surface area (Å²) in [6, 6.07) is 23.2. The number of halogens is 1. The molecule has 1 aliphatic heterocycles. The highest BCUT2D eigenvalue weighted by atomic mass is 35.5. The van der Waals surface area contributed by atoms with Crippen molar-refractivity contribution >= 4 is 29.2 Å². The summed E-state index contributed by atoms with van der Waals surface area (Å²) in [7, 11) is 0. The van der Waals surface area contributed by atoms with E-state index in [-0.39, 0.29) is 12.3 Å². The van der Waals surface area contributed by atoms with Gasteiger partial charge in [-0.3, -0.25) is 4.79 Å². The molecule has 7 nitrogen and oxygen atoms in total. The second-order valence-electron chi connectivity index (χ2n) is 8.07. The van der Waals surface area contributed by atoms with E-state index < -0.39 is 12.1 Å². The lowest BCUT2D eigenvalue weighted by atomic mass is 10.0. The highest BCUT2D eigenvalue weighted by Crippen LogP contribution is 2.28. The number of hydrogen-bond donors (Lipinski definition) is 2. The van der Waals surface area contributed by atoms with E-state index in [0.717, 1.165) is 11.3 Å². The summed E-state index contributed by atoms with van der Waals surface area (Å²) in [5.74, 6) is 1.26. The molecule has 4 rings (SSSR count). The first-order chi connectivity index (χ1) is 16.5. The molecular weight excluding hydrogens is 452 g/mol. The number of para-hydroxylation sites is 2. The van der Waals surface area contributed by atoms with Crippen molar-refractivity contribution in [2.45, 2.75) is 12.5 Å². The number of benzene rings is 3. The molecule has 1 heterocycles. The van der Waals surface area contributed by atoms with Crippen LogP contribution in [-0.4, -0.2) is 43.0 Å². The van der Waals surface area contributed by atoms with Crippen LogP contribution in [0.4, 0.5) is 10.5 Å². The first-order valence-electron chi connectivity index (χ1n) is 11.2. The maximum absolute atomic E-state index is 13.1. The Morgan fingerprint density at radius 1 is 0.912 bits per heavy atom. The Hall–Kier alpha value is -3.71. The fraction of sp³-hybridized carbons (Fsp3) is 0.231. The molecule has 1 saturated heterocycles. The van der Waals surface area contributed by atoms with Crippen LogP contribution in [0.15, 0.2) is 78.9 Å². The molecule has 3 aromatic carbocycles. The molecule has 0 bridgehead atoms. The third kappa shape index (κ3) is 5.99. The molecule has 8 heteroatoms. The molecule has 0 aliphatic carbocycles. The molecule has 3 aromatic rings. The van der Waals surface area contributed by atoms with Crippen LogP contribution in [0.25, 0.3) is 0 Å². The van der Waals surface area contributed by atoms with E-state index in [1.165, 1.54) is 0 Å². The van der Waals surface area contributed by atoms with Gasteiger partial charge in [0.1, 0.15) is 11.5 Å². The lowest BCUT2D eigenvalue weighted by Gasteiger charge is -2.37. The van der Waals surface area contributed by atoms with Crippen LogP contribution < -0.4 is 20.7 Å². The molecule has 1 fully saturated rings. The second-order valence-corrected chi connectivity index (χ2v) is 8.48. The van der Waals surface area contributed by atoms with Crippen molar-refractivity contribution in [2.75, 3.05) is 31.1 Å². The van der Waals surface area contributed by atoms with Crippen molar-refractivity contribution in [3.05, 3.63) is 89.4 Å². The number of piperazine rings is 1. The summed E-state index contributed by atoms with van der Waals surface area (Å²) in [6.07, 6.45) is 0.101. The van der Waals surface area contributed by atoms with Gasteiger partial charge in [0.25, 0.3) is 0 Å². The zero-order valence-electron chi connectivity index (χ0n) is 18.7. The zero-order valence-corrected chi connectivity index (χ0v) is 19.4. The summed E-state index contributed by atoms with van der Waals surface area (Å²) >= 11 is 6.32. The van der Waals surface area contributed by atoms with Crippen molar-refractivity contribution in [2.24, 2.45) is 5.73 Å². The van der Waals surface area contributed by atoms with Crippen LogP contribution in [0.2, 0.25) is 5.02 Å². The Morgan fingerprint density at radius 3 is 2.29 bits per heavy atom. The lowest BCUT2D eigenvalue weighted by Crippen LogP contribution is -2.49. The number of primary amides is 1. The SMILES string of the molecule is NC(=O)NC(CC(=O)N1CCN(c2ccccc2Cl)CC1)c1cccc(Oc2ccccc2)c1. The van der Waals surface area contributed by atoms with Crippen molar-refractivity contribution in [1.82, 2.24) is 10.2 Å². The molecule has 1 unspecified atom stereocenters. The highest BCUT2D eigenvalue weighted by molar-refractivity contribution is 6.33. The van der Waals surface area contributed by atoms with E-state index >= 15 is 0 Å². The Bertz CT molecular complexity index is 1130. The van der Waals surface area contributed by atoms with E-state index in [0.29, 0.717) is 42.7 Å². The van der Waals surface area contributed by atoms with Gasteiger partial charge in [-0.15, -0.1) is 0 Å². The fourth-order valence-electron chi connectivity index (χ4n) is 4.05. The van der Waals surface area contributed by atoms with Crippen LogP contribution in [0, 0.1) is 0 Å². The van der Waals surface area contributed by atoms with Gasteiger partial charge in [0.15, 0.2) is 0 Å². The van der Waals surface area contributed by atoms with Gasteiger partial charge in [-0.25, -0.2) is 4.79 Å². The Kier molecular flexibility index (Phi) is 7.54. The number of ether oxygens (including phenoxy) is 1. The van der Waals surface area contributed by atoms with E-state index in [1.807, 2.05) is 83.8 Å². The van der Waals surface area contributed by atoms with Crippen LogP contribution in [0.1, 0.15) is 18.0 Å². The molecular formula is C26H27ClN4O3. The summed E-state index contributed by atoms with van der Waals surface area (Å²) in [5, 5.41) is 3.41. The zero-order chi connectivity index (χ0) is 23.9. The smallest absolute Gasteiger partial charge is 0.312 e. The number of nitrogens with zero attached hydrogens (tertiary/aromatic N) is 2. The maximum atomic E-state index is 13.1. The largest absolute Gasteiger partial charge is 0.457 e. The molecule has 0 radical (unpaired) electrons. The number of rotatable bonds is 7. The predicted octanol–water partition coefficient (Wildman–Crippen LogP) is 4.58. The average molecular weight is 479 g/mol. The Balaban J connectivity index is 1.42. The van der Waals surface area contributed by atoms with Crippen molar-refractivity contribution in [1.29, 1.82) is 0 Å². The summed E-state index contributed by atoms with van der Waals surface area (Å²) in [4.78, 5) is 28.8. The minimum Gasteiger partial charge on any atom is -0.457 e. The minimum absolute atomic E-state index is 0.0491. The molecule has 3 amide bonds. The number of nitrogens with one attached hydrogen (secondary N) is 1. The van der Waals surface area contributed by atoms with Gasteiger partial charge >= 0.3 is 6.03 Å². The van der Waals surface area contributed by atoms with Gasteiger partial charge in [0, 0.05) is 26.2 Å². The summed E-state index contributed by atoms with van der Waals surface area (Å²) < 4.78 is 5.90. The monoisotopic (exact) mass is 478 g/mol. The first-order valence-corrected chi connectivity index (χ1v) is 11.5. The summed E-state index contributed by atoms with van der Waals surface area (Å²) in [6.45, 7) is 2.52. The molecule has 1 aliphatic rings. The van der Waals surface area contributed by atoms with Gasteiger partial charge in [0.2, 0.25) is 5.91 Å². The van der Waals surface area contributed by atoms with Gasteiger partial charge < -0.3 is 25.6 Å². The van der Waals surface area contributed by atoms with E-state index in [9.17, 15) is 9.59 Å². The van der Waals surface area contributed by atoms with E-state index in [1.54, 1.807) is 0 Å². The lowest BCUT2D eigenvalue weighted by molar-refractivity contribution is -0.132. The topological polar surface area (TPSA) is 87.9 Å². The molecule has 176 valence electrons. The number of anilines is 1. The molecule has 1 atom stereocenters. The van der Waals surface area contributed by atoms with Crippen LogP contribution in [0.5, 0.6) is 11.5 Å². The first kappa shape index (κ1) is 23.4. The number of hydrogen-bond acceptors (Lipinski definition) is 4. The molecule has 0 saturated carbocycles. The fourth-order valence-corrected chi connectivity index (χ4v) is 4.31. The van der Waals surface area contributed by atoms with Crippen LogP contribution in [0.3, 0.4) is 0 Å². The normalized spacial score (nSPS) is 14.4. The van der Waals surface area contributed by atoms with Gasteiger partial charge in [-0.2, -0.15) is 0 Å². The van der Waals surface area contributed by atoms with E-state index in [2.05, 4.69) is 10.2 Å². The maximum Gasteiger partial charge on any atom is 0.312 e. The number of carbonyl (C=O) groups is 2. The quantitative estimate of drug-likeness (QED) is 0.520. The minimum atomic E-state index is -0.685. The number of carbonyl (C=O) groups excluding carboxylic acids is 2. The summed E-state index contributed by atoms with van der Waals surface area (Å²) in [5.41, 5.74) is 7.14.